The Morgan fingerprint density at radius 3 is 3.05 bits per heavy atom. The summed E-state index contributed by atoms with van der Waals surface area (Å²) in [6.07, 6.45) is 3.77. The van der Waals surface area contributed by atoms with E-state index >= 15 is 0 Å². The normalized spacial score (nSPS) is 18.4. The van der Waals surface area contributed by atoms with Gasteiger partial charge in [0.15, 0.2) is 0 Å². The van der Waals surface area contributed by atoms with E-state index in [-0.39, 0.29) is 0 Å². The minimum atomic E-state index is 0.726. The summed E-state index contributed by atoms with van der Waals surface area (Å²) in [5.74, 6) is 1.73. The van der Waals surface area contributed by atoms with Crippen LogP contribution in [-0.2, 0) is 0 Å². The van der Waals surface area contributed by atoms with Crippen molar-refractivity contribution >= 4 is 16.7 Å². The van der Waals surface area contributed by atoms with Gasteiger partial charge in [-0.25, -0.2) is 4.98 Å². The van der Waals surface area contributed by atoms with Gasteiger partial charge in [-0.1, -0.05) is 31.5 Å². The molecule has 0 amide bonds. The highest BCUT2D eigenvalue weighted by Crippen LogP contribution is 2.28. The number of benzene rings is 1. The Morgan fingerprint density at radius 2 is 2.25 bits per heavy atom. The van der Waals surface area contributed by atoms with Crippen LogP contribution in [-0.4, -0.2) is 18.1 Å². The van der Waals surface area contributed by atoms with Crippen LogP contribution in [0.15, 0.2) is 30.3 Å². The Balaban J connectivity index is 1.95. The standard InChI is InChI=1S/C17H19N3/c1-2-5-13-8-9-20(12-13)17-10-14(11-18)15-6-3-4-7-16(15)19-17/h3-4,6-7,10,13H,2,5,8-9,12H2,1H3. The van der Waals surface area contributed by atoms with Gasteiger partial charge in [0.2, 0.25) is 0 Å². The maximum absolute atomic E-state index is 9.34. The minimum Gasteiger partial charge on any atom is -0.356 e. The Morgan fingerprint density at radius 1 is 1.40 bits per heavy atom. The number of hydrogen-bond acceptors (Lipinski definition) is 3. The number of nitrogens with zero attached hydrogens (tertiary/aromatic N) is 3. The van der Waals surface area contributed by atoms with Crippen LogP contribution in [0.3, 0.4) is 0 Å². The van der Waals surface area contributed by atoms with E-state index in [9.17, 15) is 5.26 Å². The summed E-state index contributed by atoms with van der Waals surface area (Å²) in [4.78, 5) is 7.06. The number of nitriles is 1. The van der Waals surface area contributed by atoms with E-state index in [2.05, 4.69) is 17.9 Å². The zero-order valence-corrected chi connectivity index (χ0v) is 11.8. The largest absolute Gasteiger partial charge is 0.356 e. The lowest BCUT2D eigenvalue weighted by Crippen LogP contribution is -2.21. The molecule has 3 nitrogen and oxygen atoms in total. The van der Waals surface area contributed by atoms with Crippen molar-refractivity contribution in [2.45, 2.75) is 26.2 Å². The number of para-hydroxylation sites is 1. The molecule has 1 aromatic heterocycles. The topological polar surface area (TPSA) is 39.9 Å². The number of fused-ring (bicyclic) bond motifs is 1. The van der Waals surface area contributed by atoms with Gasteiger partial charge in [-0.2, -0.15) is 5.26 Å². The van der Waals surface area contributed by atoms with Crippen LogP contribution in [0, 0.1) is 17.2 Å². The van der Waals surface area contributed by atoms with Gasteiger partial charge in [-0.15, -0.1) is 0 Å². The smallest absolute Gasteiger partial charge is 0.130 e. The maximum Gasteiger partial charge on any atom is 0.130 e. The highest BCUT2D eigenvalue weighted by atomic mass is 15.2. The zero-order chi connectivity index (χ0) is 13.9. The van der Waals surface area contributed by atoms with Crippen LogP contribution >= 0.6 is 0 Å². The third-order valence-electron chi connectivity index (χ3n) is 4.13. The first-order valence-corrected chi connectivity index (χ1v) is 7.36. The number of hydrogen-bond donors (Lipinski definition) is 0. The number of anilines is 1. The maximum atomic E-state index is 9.34. The summed E-state index contributed by atoms with van der Waals surface area (Å²) in [5, 5.41) is 10.3. The monoisotopic (exact) mass is 265 g/mol. The number of pyridine rings is 1. The second-order valence-corrected chi connectivity index (χ2v) is 5.55. The van der Waals surface area contributed by atoms with E-state index in [1.807, 2.05) is 30.3 Å². The third kappa shape index (κ3) is 2.34. The van der Waals surface area contributed by atoms with E-state index in [0.717, 1.165) is 41.3 Å². The van der Waals surface area contributed by atoms with Gasteiger partial charge in [-0.05, 0) is 30.9 Å². The summed E-state index contributed by atoms with van der Waals surface area (Å²) >= 11 is 0. The average Bonchev–Trinajstić information content (AvgIpc) is 2.95. The van der Waals surface area contributed by atoms with Crippen molar-refractivity contribution < 1.29 is 0 Å². The summed E-state index contributed by atoms with van der Waals surface area (Å²) in [7, 11) is 0. The molecule has 0 spiro atoms. The average molecular weight is 265 g/mol. The molecule has 0 radical (unpaired) electrons. The predicted molar refractivity (Wildman–Crippen MR) is 81.7 cm³/mol. The molecule has 1 fully saturated rings. The summed E-state index contributed by atoms with van der Waals surface area (Å²) in [5.41, 5.74) is 1.64. The molecule has 1 aliphatic rings. The van der Waals surface area contributed by atoms with Gasteiger partial charge in [0.25, 0.3) is 0 Å². The molecule has 2 heterocycles. The van der Waals surface area contributed by atoms with Crippen molar-refractivity contribution in [2.24, 2.45) is 5.92 Å². The Hall–Kier alpha value is -2.08. The summed E-state index contributed by atoms with van der Waals surface area (Å²) in [6.45, 7) is 4.37. The fraction of sp³-hybridized carbons (Fsp3) is 0.412. The molecule has 1 unspecified atom stereocenters. The quantitative estimate of drug-likeness (QED) is 0.849. The fourth-order valence-corrected chi connectivity index (χ4v) is 3.10. The molecule has 1 aromatic carbocycles. The molecular formula is C17H19N3. The lowest BCUT2D eigenvalue weighted by atomic mass is 10.0. The van der Waals surface area contributed by atoms with Crippen LogP contribution in [0.2, 0.25) is 0 Å². The van der Waals surface area contributed by atoms with Gasteiger partial charge in [-0.3, -0.25) is 0 Å². The SMILES string of the molecule is CCCC1CCN(c2cc(C#N)c3ccccc3n2)C1. The van der Waals surface area contributed by atoms with Crippen molar-refractivity contribution in [1.82, 2.24) is 4.98 Å². The lowest BCUT2D eigenvalue weighted by Gasteiger charge is -2.18. The molecule has 3 heteroatoms. The molecule has 0 aliphatic carbocycles. The molecule has 1 atom stereocenters. The van der Waals surface area contributed by atoms with Crippen molar-refractivity contribution in [1.29, 1.82) is 5.26 Å². The van der Waals surface area contributed by atoms with E-state index in [1.54, 1.807) is 0 Å². The van der Waals surface area contributed by atoms with E-state index in [4.69, 9.17) is 4.98 Å². The first kappa shape index (κ1) is 12.9. The van der Waals surface area contributed by atoms with Gasteiger partial charge < -0.3 is 4.90 Å². The fourth-order valence-electron chi connectivity index (χ4n) is 3.10. The van der Waals surface area contributed by atoms with Crippen molar-refractivity contribution in [3.8, 4) is 6.07 Å². The van der Waals surface area contributed by atoms with Crippen molar-refractivity contribution in [3.63, 3.8) is 0 Å². The summed E-state index contributed by atoms with van der Waals surface area (Å²) in [6, 6.07) is 12.1. The Bertz CT molecular complexity index is 657. The molecule has 0 bridgehead atoms. The first-order chi connectivity index (χ1) is 9.81. The minimum absolute atomic E-state index is 0.726. The van der Waals surface area contributed by atoms with Gasteiger partial charge >= 0.3 is 0 Å². The third-order valence-corrected chi connectivity index (χ3v) is 4.13. The van der Waals surface area contributed by atoms with Crippen LogP contribution in [0.5, 0.6) is 0 Å². The van der Waals surface area contributed by atoms with Crippen LogP contribution in [0.25, 0.3) is 10.9 Å². The number of rotatable bonds is 3. The van der Waals surface area contributed by atoms with E-state index in [1.165, 1.54) is 19.3 Å². The zero-order valence-electron chi connectivity index (χ0n) is 11.8. The molecule has 20 heavy (non-hydrogen) atoms. The van der Waals surface area contributed by atoms with Crippen molar-refractivity contribution in [2.75, 3.05) is 18.0 Å². The molecule has 2 aromatic rings. The molecule has 3 rings (SSSR count). The highest BCUT2D eigenvalue weighted by molar-refractivity contribution is 5.86. The van der Waals surface area contributed by atoms with Crippen molar-refractivity contribution in [3.05, 3.63) is 35.9 Å². The lowest BCUT2D eigenvalue weighted by molar-refractivity contribution is 0.529. The second kappa shape index (κ2) is 5.50. The van der Waals surface area contributed by atoms with Gasteiger partial charge in [0.1, 0.15) is 5.82 Å². The molecule has 102 valence electrons. The molecule has 0 saturated carbocycles. The van der Waals surface area contributed by atoms with E-state index < -0.39 is 0 Å². The first-order valence-electron chi connectivity index (χ1n) is 7.36. The number of aromatic nitrogens is 1. The Kier molecular flexibility index (Phi) is 3.56. The molecule has 1 saturated heterocycles. The van der Waals surface area contributed by atoms with Crippen LogP contribution in [0.4, 0.5) is 5.82 Å². The van der Waals surface area contributed by atoms with E-state index in [0.29, 0.717) is 0 Å². The summed E-state index contributed by atoms with van der Waals surface area (Å²) < 4.78 is 0. The molecule has 1 aliphatic heterocycles. The Labute approximate surface area is 119 Å². The van der Waals surface area contributed by atoms with Crippen LogP contribution in [0.1, 0.15) is 31.7 Å². The predicted octanol–water partition coefficient (Wildman–Crippen LogP) is 3.73. The van der Waals surface area contributed by atoms with Gasteiger partial charge in [0.05, 0.1) is 17.1 Å². The molecule has 0 N–H and O–H groups in total. The highest BCUT2D eigenvalue weighted by Gasteiger charge is 2.23. The molecular weight excluding hydrogens is 246 g/mol. The second-order valence-electron chi connectivity index (χ2n) is 5.55. The van der Waals surface area contributed by atoms with Gasteiger partial charge in [0, 0.05) is 18.5 Å². The van der Waals surface area contributed by atoms with Crippen LogP contribution < -0.4 is 4.90 Å².